The van der Waals surface area contributed by atoms with E-state index in [9.17, 15) is 4.39 Å². The molecule has 1 aromatic carbocycles. The highest BCUT2D eigenvalue weighted by molar-refractivity contribution is 9.10. The van der Waals surface area contributed by atoms with E-state index < -0.39 is 0 Å². The van der Waals surface area contributed by atoms with Crippen molar-refractivity contribution in [2.75, 3.05) is 0 Å². The average molecular weight is 266 g/mol. The Morgan fingerprint density at radius 2 is 2.00 bits per heavy atom. The summed E-state index contributed by atoms with van der Waals surface area (Å²) in [6, 6.07) is 8.54. The zero-order chi connectivity index (χ0) is 10.8. The molecule has 0 bridgehead atoms. The number of benzene rings is 1. The van der Waals surface area contributed by atoms with Gasteiger partial charge >= 0.3 is 0 Å². The second kappa shape index (κ2) is 4.11. The molecule has 0 aliphatic heterocycles. The van der Waals surface area contributed by atoms with Gasteiger partial charge in [0.05, 0.1) is 5.69 Å². The highest BCUT2D eigenvalue weighted by Crippen LogP contribution is 2.28. The Bertz CT molecular complexity index is 497. The fourth-order valence-electron chi connectivity index (χ4n) is 1.38. The third kappa shape index (κ3) is 2.07. The predicted octanol–water partition coefficient (Wildman–Crippen LogP) is 3.96. The molecule has 0 spiro atoms. The summed E-state index contributed by atoms with van der Waals surface area (Å²) in [4.78, 5) is 4.22. The minimum Gasteiger partial charge on any atom is -0.255 e. The first-order chi connectivity index (χ1) is 7.18. The molecule has 0 saturated carbocycles. The molecule has 3 heteroatoms. The molecular weight excluding hydrogens is 257 g/mol. The molecule has 1 aromatic heterocycles. The van der Waals surface area contributed by atoms with Crippen molar-refractivity contribution in [3.63, 3.8) is 0 Å². The van der Waals surface area contributed by atoms with Crippen molar-refractivity contribution in [3.05, 3.63) is 52.4 Å². The maximum atomic E-state index is 13.5. The van der Waals surface area contributed by atoms with Crippen LogP contribution in [-0.4, -0.2) is 4.98 Å². The van der Waals surface area contributed by atoms with Gasteiger partial charge in [-0.25, -0.2) is 4.39 Å². The fraction of sp³-hybridized carbons (Fsp3) is 0.0833. The number of aromatic nitrogens is 1. The Balaban J connectivity index is 2.60. The Kier molecular flexibility index (Phi) is 2.82. The van der Waals surface area contributed by atoms with Crippen LogP contribution in [0.4, 0.5) is 4.39 Å². The number of nitrogens with zero attached hydrogens (tertiary/aromatic N) is 1. The molecule has 76 valence electrons. The number of hydrogen-bond donors (Lipinski definition) is 0. The van der Waals surface area contributed by atoms with Gasteiger partial charge in [0.25, 0.3) is 0 Å². The summed E-state index contributed by atoms with van der Waals surface area (Å²) in [6.07, 6.45) is 1.73. The molecule has 0 amide bonds. The summed E-state index contributed by atoms with van der Waals surface area (Å²) in [5.41, 5.74) is 2.20. The lowest BCUT2D eigenvalue weighted by Crippen LogP contribution is -1.89. The zero-order valence-corrected chi connectivity index (χ0v) is 9.75. The van der Waals surface area contributed by atoms with Crippen LogP contribution in [-0.2, 0) is 0 Å². The predicted molar refractivity (Wildman–Crippen MR) is 62.1 cm³/mol. The standard InChI is InChI=1S/C12H9BrFN/c1-8-6-10(13)12(15-7-8)9-4-2-3-5-11(9)14/h2-7H,1H3. The largest absolute Gasteiger partial charge is 0.255 e. The molecule has 0 radical (unpaired) electrons. The molecule has 0 atom stereocenters. The van der Waals surface area contributed by atoms with Crippen LogP contribution in [0.15, 0.2) is 41.0 Å². The zero-order valence-electron chi connectivity index (χ0n) is 8.17. The number of pyridine rings is 1. The minimum atomic E-state index is -0.255. The van der Waals surface area contributed by atoms with E-state index in [1.807, 2.05) is 13.0 Å². The van der Waals surface area contributed by atoms with E-state index in [2.05, 4.69) is 20.9 Å². The summed E-state index contributed by atoms with van der Waals surface area (Å²) in [6.45, 7) is 1.95. The fourth-order valence-corrected chi connectivity index (χ4v) is 2.06. The third-order valence-corrected chi connectivity index (χ3v) is 2.71. The molecule has 1 heterocycles. The van der Waals surface area contributed by atoms with Gasteiger partial charge in [-0.15, -0.1) is 0 Å². The first-order valence-corrected chi connectivity index (χ1v) is 5.35. The molecule has 15 heavy (non-hydrogen) atoms. The van der Waals surface area contributed by atoms with Crippen LogP contribution in [0.5, 0.6) is 0 Å². The van der Waals surface area contributed by atoms with Crippen molar-refractivity contribution >= 4 is 15.9 Å². The quantitative estimate of drug-likeness (QED) is 0.761. The number of hydrogen-bond acceptors (Lipinski definition) is 1. The molecule has 0 saturated heterocycles. The topological polar surface area (TPSA) is 12.9 Å². The first-order valence-electron chi connectivity index (χ1n) is 4.55. The van der Waals surface area contributed by atoms with Gasteiger partial charge in [-0.3, -0.25) is 4.98 Å². The SMILES string of the molecule is Cc1cnc(-c2ccccc2F)c(Br)c1. The number of aryl methyl sites for hydroxylation is 1. The van der Waals surface area contributed by atoms with Gasteiger partial charge in [0.2, 0.25) is 0 Å². The second-order valence-electron chi connectivity index (χ2n) is 3.32. The highest BCUT2D eigenvalue weighted by atomic mass is 79.9. The van der Waals surface area contributed by atoms with Gasteiger partial charge in [0.1, 0.15) is 5.82 Å². The Morgan fingerprint density at radius 3 is 2.67 bits per heavy atom. The Labute approximate surface area is 96.1 Å². The van der Waals surface area contributed by atoms with E-state index in [0.717, 1.165) is 10.0 Å². The summed E-state index contributed by atoms with van der Waals surface area (Å²) >= 11 is 3.39. The summed E-state index contributed by atoms with van der Waals surface area (Å²) in [7, 11) is 0. The lowest BCUT2D eigenvalue weighted by Gasteiger charge is -2.05. The van der Waals surface area contributed by atoms with Crippen LogP contribution >= 0.6 is 15.9 Å². The number of rotatable bonds is 1. The van der Waals surface area contributed by atoms with E-state index in [1.165, 1.54) is 6.07 Å². The van der Waals surface area contributed by atoms with E-state index >= 15 is 0 Å². The smallest absolute Gasteiger partial charge is 0.132 e. The van der Waals surface area contributed by atoms with Gasteiger partial charge in [-0.05, 0) is 46.6 Å². The molecule has 0 aliphatic carbocycles. The lowest BCUT2D eigenvalue weighted by atomic mass is 10.1. The van der Waals surface area contributed by atoms with Crippen LogP contribution in [0.1, 0.15) is 5.56 Å². The van der Waals surface area contributed by atoms with Crippen molar-refractivity contribution in [1.82, 2.24) is 4.98 Å². The summed E-state index contributed by atoms with van der Waals surface area (Å²) in [5.74, 6) is -0.255. The van der Waals surface area contributed by atoms with Crippen molar-refractivity contribution in [3.8, 4) is 11.3 Å². The average Bonchev–Trinajstić information content (AvgIpc) is 2.20. The van der Waals surface area contributed by atoms with Crippen LogP contribution in [0.25, 0.3) is 11.3 Å². The lowest BCUT2D eigenvalue weighted by molar-refractivity contribution is 0.630. The Morgan fingerprint density at radius 1 is 1.27 bits per heavy atom. The van der Waals surface area contributed by atoms with E-state index in [0.29, 0.717) is 11.3 Å². The van der Waals surface area contributed by atoms with Gasteiger partial charge in [-0.1, -0.05) is 12.1 Å². The van der Waals surface area contributed by atoms with Gasteiger partial charge in [-0.2, -0.15) is 0 Å². The molecule has 0 unspecified atom stereocenters. The van der Waals surface area contributed by atoms with Crippen molar-refractivity contribution in [2.24, 2.45) is 0 Å². The van der Waals surface area contributed by atoms with E-state index in [-0.39, 0.29) is 5.82 Å². The third-order valence-electron chi connectivity index (χ3n) is 2.11. The van der Waals surface area contributed by atoms with Crippen LogP contribution < -0.4 is 0 Å². The Hall–Kier alpha value is -1.22. The van der Waals surface area contributed by atoms with Crippen LogP contribution in [0.2, 0.25) is 0 Å². The first kappa shape index (κ1) is 10.3. The highest BCUT2D eigenvalue weighted by Gasteiger charge is 2.08. The molecular formula is C12H9BrFN. The molecule has 0 N–H and O–H groups in total. The second-order valence-corrected chi connectivity index (χ2v) is 4.18. The van der Waals surface area contributed by atoms with Crippen molar-refractivity contribution in [2.45, 2.75) is 6.92 Å². The van der Waals surface area contributed by atoms with Gasteiger partial charge in [0, 0.05) is 16.2 Å². The summed E-state index contributed by atoms with van der Waals surface area (Å²) < 4.78 is 14.3. The van der Waals surface area contributed by atoms with Crippen molar-refractivity contribution < 1.29 is 4.39 Å². The molecule has 0 fully saturated rings. The monoisotopic (exact) mass is 265 g/mol. The molecule has 1 nitrogen and oxygen atoms in total. The van der Waals surface area contributed by atoms with Crippen LogP contribution in [0.3, 0.4) is 0 Å². The number of halogens is 2. The van der Waals surface area contributed by atoms with Crippen LogP contribution in [0, 0.1) is 12.7 Å². The van der Waals surface area contributed by atoms with E-state index in [4.69, 9.17) is 0 Å². The molecule has 0 aliphatic rings. The maximum absolute atomic E-state index is 13.5. The normalized spacial score (nSPS) is 10.3. The van der Waals surface area contributed by atoms with Gasteiger partial charge in [0.15, 0.2) is 0 Å². The molecule has 2 rings (SSSR count). The maximum Gasteiger partial charge on any atom is 0.132 e. The minimum absolute atomic E-state index is 0.255. The molecule has 2 aromatic rings. The van der Waals surface area contributed by atoms with Crippen molar-refractivity contribution in [1.29, 1.82) is 0 Å². The van der Waals surface area contributed by atoms with Gasteiger partial charge < -0.3 is 0 Å². The summed E-state index contributed by atoms with van der Waals surface area (Å²) in [5, 5.41) is 0. The van der Waals surface area contributed by atoms with E-state index in [1.54, 1.807) is 24.4 Å².